The van der Waals surface area contributed by atoms with Crippen molar-refractivity contribution in [1.82, 2.24) is 9.55 Å². The molecule has 9 heteroatoms. The third-order valence-electron chi connectivity index (χ3n) is 4.52. The van der Waals surface area contributed by atoms with Gasteiger partial charge in [-0.25, -0.2) is 13.4 Å². The number of hydrogen-bond donors (Lipinski definition) is 0. The molecule has 0 amide bonds. The molecule has 1 heterocycles. The summed E-state index contributed by atoms with van der Waals surface area (Å²) in [6.07, 6.45) is -2.82. The highest BCUT2D eigenvalue weighted by Crippen LogP contribution is 2.32. The summed E-state index contributed by atoms with van der Waals surface area (Å²) >= 11 is 5.90. The first kappa shape index (κ1) is 21.4. The monoisotopic (exact) mass is 442 g/mol. The van der Waals surface area contributed by atoms with E-state index in [1.807, 2.05) is 0 Å². The molecule has 0 aliphatic carbocycles. The van der Waals surface area contributed by atoms with E-state index < -0.39 is 21.6 Å². The van der Waals surface area contributed by atoms with Crippen molar-refractivity contribution in [2.45, 2.75) is 13.1 Å². The lowest BCUT2D eigenvalue weighted by molar-refractivity contribution is -0.137. The molecule has 0 aliphatic rings. The summed E-state index contributed by atoms with van der Waals surface area (Å²) in [5, 5.41) is 0.535. The molecule has 29 heavy (non-hydrogen) atoms. The zero-order chi connectivity index (χ0) is 21.4. The van der Waals surface area contributed by atoms with Crippen LogP contribution in [0.3, 0.4) is 0 Å². The minimum absolute atomic E-state index is 0.0624. The van der Waals surface area contributed by atoms with Gasteiger partial charge < -0.3 is 4.57 Å². The maximum atomic E-state index is 13.0. The first-order chi connectivity index (χ1) is 13.5. The van der Waals surface area contributed by atoms with E-state index in [4.69, 9.17) is 11.6 Å². The van der Waals surface area contributed by atoms with E-state index in [0.29, 0.717) is 27.5 Å². The number of aryl methyl sites for hydroxylation is 1. The summed E-state index contributed by atoms with van der Waals surface area (Å²) in [7, 11) is -1.76. The lowest BCUT2D eigenvalue weighted by Crippen LogP contribution is -2.12. The van der Waals surface area contributed by atoms with Crippen molar-refractivity contribution in [3.05, 3.63) is 64.4 Å². The summed E-state index contributed by atoms with van der Waals surface area (Å²) in [4.78, 5) is 4.32. The second kappa shape index (κ2) is 7.84. The Bertz CT molecular complexity index is 1180. The maximum absolute atomic E-state index is 13.0. The number of aromatic nitrogens is 2. The van der Waals surface area contributed by atoms with Crippen molar-refractivity contribution in [2.24, 2.45) is 7.05 Å². The van der Waals surface area contributed by atoms with Gasteiger partial charge in [-0.3, -0.25) is 0 Å². The SMILES string of the molecule is CCS(=O)(=O)C/C(=C\c1ccc(Cl)cc1)c1nc2cc(C(F)(F)F)ccc2n1C. The van der Waals surface area contributed by atoms with Crippen molar-refractivity contribution < 1.29 is 21.6 Å². The highest BCUT2D eigenvalue weighted by atomic mass is 35.5. The van der Waals surface area contributed by atoms with Crippen LogP contribution in [0.5, 0.6) is 0 Å². The third-order valence-corrected chi connectivity index (χ3v) is 6.40. The molecule has 3 aromatic rings. The van der Waals surface area contributed by atoms with Gasteiger partial charge in [0.05, 0.1) is 22.3 Å². The van der Waals surface area contributed by atoms with Crippen LogP contribution in [0.1, 0.15) is 23.9 Å². The van der Waals surface area contributed by atoms with Crippen LogP contribution in [-0.4, -0.2) is 29.5 Å². The minimum Gasteiger partial charge on any atom is -0.327 e. The summed E-state index contributed by atoms with van der Waals surface area (Å²) in [5.74, 6) is -0.0472. The van der Waals surface area contributed by atoms with Gasteiger partial charge >= 0.3 is 6.18 Å². The average Bonchev–Trinajstić information content (AvgIpc) is 2.98. The Kier molecular flexibility index (Phi) is 5.78. The van der Waals surface area contributed by atoms with Gasteiger partial charge in [0.2, 0.25) is 0 Å². The van der Waals surface area contributed by atoms with Gasteiger partial charge in [-0.05, 0) is 42.0 Å². The van der Waals surface area contributed by atoms with Gasteiger partial charge in [0.25, 0.3) is 0 Å². The summed E-state index contributed by atoms with van der Waals surface area (Å²) in [6.45, 7) is 1.54. The molecule has 0 saturated heterocycles. The average molecular weight is 443 g/mol. The van der Waals surface area contributed by atoms with Crippen LogP contribution in [-0.2, 0) is 23.1 Å². The third kappa shape index (κ3) is 4.82. The highest BCUT2D eigenvalue weighted by Gasteiger charge is 2.31. The molecule has 1 aromatic heterocycles. The van der Waals surface area contributed by atoms with Crippen LogP contribution in [0.2, 0.25) is 5.02 Å². The number of imidazole rings is 1. The smallest absolute Gasteiger partial charge is 0.327 e. The zero-order valence-corrected chi connectivity index (χ0v) is 17.2. The van der Waals surface area contributed by atoms with E-state index in [2.05, 4.69) is 4.98 Å². The van der Waals surface area contributed by atoms with E-state index in [-0.39, 0.29) is 17.0 Å². The summed E-state index contributed by atoms with van der Waals surface area (Å²) in [5.41, 5.74) is 0.913. The molecule has 3 rings (SSSR count). The van der Waals surface area contributed by atoms with Gasteiger partial charge in [-0.2, -0.15) is 13.2 Å². The second-order valence-corrected chi connectivity index (χ2v) is 9.38. The van der Waals surface area contributed by atoms with Crippen molar-refractivity contribution in [3.8, 4) is 0 Å². The largest absolute Gasteiger partial charge is 0.416 e. The summed E-state index contributed by atoms with van der Waals surface area (Å²) in [6, 6.07) is 10.1. The minimum atomic E-state index is -4.49. The Morgan fingerprint density at radius 2 is 1.83 bits per heavy atom. The van der Waals surface area contributed by atoms with E-state index >= 15 is 0 Å². The van der Waals surface area contributed by atoms with Gasteiger partial charge in [-0.1, -0.05) is 30.7 Å². The Labute approximate surface area is 171 Å². The van der Waals surface area contributed by atoms with Gasteiger partial charge in [-0.15, -0.1) is 0 Å². The molecule has 0 unspecified atom stereocenters. The normalized spacial score (nSPS) is 13.2. The number of benzene rings is 2. The van der Waals surface area contributed by atoms with E-state index in [1.54, 1.807) is 48.9 Å². The zero-order valence-electron chi connectivity index (χ0n) is 15.7. The molecule has 0 spiro atoms. The van der Waals surface area contributed by atoms with Gasteiger partial charge in [0, 0.05) is 23.4 Å². The molecule has 0 fully saturated rings. The van der Waals surface area contributed by atoms with Crippen molar-refractivity contribution in [2.75, 3.05) is 11.5 Å². The lowest BCUT2D eigenvalue weighted by Gasteiger charge is -2.09. The first-order valence-corrected chi connectivity index (χ1v) is 10.9. The molecule has 0 radical (unpaired) electrons. The Hall–Kier alpha value is -2.32. The molecule has 154 valence electrons. The predicted molar refractivity (Wildman–Crippen MR) is 109 cm³/mol. The molecule has 2 aromatic carbocycles. The number of halogens is 4. The van der Waals surface area contributed by atoms with E-state index in [9.17, 15) is 21.6 Å². The number of sulfone groups is 1. The fraction of sp³-hybridized carbons (Fsp3) is 0.250. The van der Waals surface area contributed by atoms with E-state index in [0.717, 1.165) is 12.1 Å². The number of alkyl halides is 3. The van der Waals surface area contributed by atoms with Crippen molar-refractivity contribution >= 4 is 44.1 Å². The topological polar surface area (TPSA) is 52.0 Å². The molecular weight excluding hydrogens is 425 g/mol. The van der Waals surface area contributed by atoms with Crippen LogP contribution in [0.4, 0.5) is 13.2 Å². The highest BCUT2D eigenvalue weighted by molar-refractivity contribution is 7.91. The standard InChI is InChI=1S/C20H18ClF3N2O2S/c1-3-29(27,28)12-14(10-13-4-7-16(21)8-5-13)19-25-17-11-15(20(22,23)24)6-9-18(17)26(19)2/h4-11H,3,12H2,1-2H3/b14-10+. The van der Waals surface area contributed by atoms with Crippen LogP contribution >= 0.6 is 11.6 Å². The summed E-state index contributed by atoms with van der Waals surface area (Å²) < 4.78 is 65.3. The van der Waals surface area contributed by atoms with Crippen molar-refractivity contribution in [1.29, 1.82) is 0 Å². The fourth-order valence-electron chi connectivity index (χ4n) is 2.93. The quantitative estimate of drug-likeness (QED) is 0.544. The second-order valence-electron chi connectivity index (χ2n) is 6.59. The van der Waals surface area contributed by atoms with E-state index in [1.165, 1.54) is 6.07 Å². The molecule has 0 saturated carbocycles. The van der Waals surface area contributed by atoms with Crippen molar-refractivity contribution in [3.63, 3.8) is 0 Å². The van der Waals surface area contributed by atoms with Gasteiger partial charge in [0.15, 0.2) is 9.84 Å². The molecule has 4 nitrogen and oxygen atoms in total. The fourth-order valence-corrected chi connectivity index (χ4v) is 3.95. The molecular formula is C20H18ClF3N2O2S. The Morgan fingerprint density at radius 3 is 2.41 bits per heavy atom. The number of hydrogen-bond acceptors (Lipinski definition) is 3. The lowest BCUT2D eigenvalue weighted by atomic mass is 10.1. The number of nitrogens with zero attached hydrogens (tertiary/aromatic N) is 2. The number of rotatable bonds is 5. The molecule has 0 N–H and O–H groups in total. The Morgan fingerprint density at radius 1 is 1.17 bits per heavy atom. The van der Waals surface area contributed by atoms with Crippen LogP contribution in [0.15, 0.2) is 42.5 Å². The van der Waals surface area contributed by atoms with Crippen LogP contribution < -0.4 is 0 Å². The predicted octanol–water partition coefficient (Wildman–Crippen LogP) is 5.22. The first-order valence-electron chi connectivity index (χ1n) is 8.71. The van der Waals surface area contributed by atoms with Gasteiger partial charge in [0.1, 0.15) is 5.82 Å². The van der Waals surface area contributed by atoms with Crippen LogP contribution in [0, 0.1) is 0 Å². The number of fused-ring (bicyclic) bond motifs is 1. The Balaban J connectivity index is 2.17. The molecule has 0 aliphatic heterocycles. The molecule has 0 atom stereocenters. The van der Waals surface area contributed by atoms with Crippen LogP contribution in [0.25, 0.3) is 22.7 Å². The molecule has 0 bridgehead atoms. The maximum Gasteiger partial charge on any atom is 0.416 e.